The van der Waals surface area contributed by atoms with Gasteiger partial charge in [0.1, 0.15) is 5.82 Å². The van der Waals surface area contributed by atoms with E-state index in [0.717, 1.165) is 24.6 Å². The van der Waals surface area contributed by atoms with E-state index in [-0.39, 0.29) is 0 Å². The fraction of sp³-hybridized carbons (Fsp3) is 0.714. The van der Waals surface area contributed by atoms with Gasteiger partial charge in [0, 0.05) is 20.5 Å². The lowest BCUT2D eigenvalue weighted by Crippen LogP contribution is -2.06. The fourth-order valence-electron chi connectivity index (χ4n) is 1.06. The number of rotatable bonds is 4. The first-order chi connectivity index (χ1) is 5.79. The maximum Gasteiger partial charge on any atom is 0.224 e. The Balaban J connectivity index is 2.66. The second-order valence-corrected chi connectivity index (χ2v) is 2.64. The van der Waals surface area contributed by atoms with E-state index in [0.29, 0.717) is 6.54 Å². The summed E-state index contributed by atoms with van der Waals surface area (Å²) in [6.07, 6.45) is 1.84. The van der Waals surface area contributed by atoms with E-state index in [4.69, 9.17) is 5.73 Å². The number of nitrogens with zero attached hydrogens (tertiary/aromatic N) is 3. The van der Waals surface area contributed by atoms with Crippen LogP contribution in [-0.2, 0) is 13.5 Å². The molecule has 1 aromatic rings. The first-order valence-electron chi connectivity index (χ1n) is 4.05. The van der Waals surface area contributed by atoms with E-state index in [1.54, 1.807) is 0 Å². The van der Waals surface area contributed by atoms with Gasteiger partial charge in [-0.1, -0.05) is 0 Å². The zero-order chi connectivity index (χ0) is 8.97. The van der Waals surface area contributed by atoms with Crippen LogP contribution in [0.3, 0.4) is 0 Å². The van der Waals surface area contributed by atoms with Crippen molar-refractivity contribution < 1.29 is 0 Å². The molecule has 5 heteroatoms. The Hall–Kier alpha value is -1.10. The van der Waals surface area contributed by atoms with E-state index in [2.05, 4.69) is 15.5 Å². The van der Waals surface area contributed by atoms with Gasteiger partial charge in [-0.3, -0.25) is 0 Å². The van der Waals surface area contributed by atoms with Crippen LogP contribution in [0.2, 0.25) is 0 Å². The summed E-state index contributed by atoms with van der Waals surface area (Å²) in [7, 11) is 3.77. The topological polar surface area (TPSA) is 68.8 Å². The van der Waals surface area contributed by atoms with Crippen molar-refractivity contribution in [2.45, 2.75) is 12.8 Å². The molecule has 1 rings (SSSR count). The smallest absolute Gasteiger partial charge is 0.224 e. The van der Waals surface area contributed by atoms with E-state index >= 15 is 0 Å². The van der Waals surface area contributed by atoms with Gasteiger partial charge in [-0.05, 0) is 13.0 Å². The Morgan fingerprint density at radius 2 is 2.25 bits per heavy atom. The zero-order valence-corrected chi connectivity index (χ0v) is 7.54. The number of hydrogen-bond donors (Lipinski definition) is 2. The number of aromatic nitrogens is 3. The van der Waals surface area contributed by atoms with Gasteiger partial charge in [0.15, 0.2) is 0 Å². The number of nitrogens with one attached hydrogen (secondary N) is 1. The largest absolute Gasteiger partial charge is 0.357 e. The molecular formula is C7H15N5. The summed E-state index contributed by atoms with van der Waals surface area (Å²) >= 11 is 0. The molecular weight excluding hydrogens is 154 g/mol. The predicted molar refractivity (Wildman–Crippen MR) is 47.9 cm³/mol. The van der Waals surface area contributed by atoms with Crippen molar-refractivity contribution >= 4 is 5.95 Å². The highest BCUT2D eigenvalue weighted by Crippen LogP contribution is 2.04. The van der Waals surface area contributed by atoms with Crippen LogP contribution in [-0.4, -0.2) is 28.4 Å². The molecule has 0 spiro atoms. The van der Waals surface area contributed by atoms with Crippen molar-refractivity contribution in [1.82, 2.24) is 14.8 Å². The predicted octanol–water partition coefficient (Wildman–Crippen LogP) is -0.252. The van der Waals surface area contributed by atoms with Crippen LogP contribution in [0.25, 0.3) is 0 Å². The van der Waals surface area contributed by atoms with Crippen molar-refractivity contribution in [3.63, 3.8) is 0 Å². The summed E-state index contributed by atoms with van der Waals surface area (Å²) in [5.41, 5.74) is 5.39. The molecule has 0 saturated carbocycles. The minimum Gasteiger partial charge on any atom is -0.357 e. The Labute approximate surface area is 72.0 Å². The molecule has 0 amide bonds. The summed E-state index contributed by atoms with van der Waals surface area (Å²) in [5, 5.41) is 10.9. The number of hydrogen-bond acceptors (Lipinski definition) is 4. The van der Waals surface area contributed by atoms with Crippen LogP contribution < -0.4 is 11.1 Å². The molecule has 0 radical (unpaired) electrons. The van der Waals surface area contributed by atoms with E-state index < -0.39 is 0 Å². The maximum absolute atomic E-state index is 5.39. The van der Waals surface area contributed by atoms with Gasteiger partial charge in [-0.25, -0.2) is 0 Å². The van der Waals surface area contributed by atoms with Gasteiger partial charge >= 0.3 is 0 Å². The molecule has 0 aliphatic rings. The summed E-state index contributed by atoms with van der Waals surface area (Å²) in [6.45, 7) is 0.696. The van der Waals surface area contributed by atoms with Gasteiger partial charge in [-0.2, -0.15) is 0 Å². The number of aryl methyl sites for hydroxylation is 1. The third-order valence-electron chi connectivity index (χ3n) is 1.79. The lowest BCUT2D eigenvalue weighted by atomic mass is 10.3. The molecule has 0 aliphatic heterocycles. The average Bonchev–Trinajstić information content (AvgIpc) is 2.43. The minimum atomic E-state index is 0.696. The quantitative estimate of drug-likeness (QED) is 0.652. The summed E-state index contributed by atoms with van der Waals surface area (Å²) in [4.78, 5) is 0. The third kappa shape index (κ3) is 1.73. The fourth-order valence-corrected chi connectivity index (χ4v) is 1.06. The Morgan fingerprint density at radius 1 is 1.50 bits per heavy atom. The normalized spacial score (nSPS) is 10.2. The number of nitrogens with two attached hydrogens (primary N) is 1. The van der Waals surface area contributed by atoms with Crippen molar-refractivity contribution in [1.29, 1.82) is 0 Å². The van der Waals surface area contributed by atoms with Crippen LogP contribution in [0.15, 0.2) is 0 Å². The van der Waals surface area contributed by atoms with E-state index in [1.807, 2.05) is 18.7 Å². The molecule has 3 N–H and O–H groups in total. The van der Waals surface area contributed by atoms with Crippen LogP contribution in [0.4, 0.5) is 5.95 Å². The van der Waals surface area contributed by atoms with Gasteiger partial charge in [-0.15, -0.1) is 10.2 Å². The van der Waals surface area contributed by atoms with Crippen molar-refractivity contribution in [2.24, 2.45) is 12.8 Å². The first-order valence-corrected chi connectivity index (χ1v) is 4.05. The van der Waals surface area contributed by atoms with Crippen LogP contribution in [0, 0.1) is 0 Å². The van der Waals surface area contributed by atoms with Crippen molar-refractivity contribution in [2.75, 3.05) is 18.9 Å². The molecule has 68 valence electrons. The molecule has 0 bridgehead atoms. The standard InChI is InChI=1S/C7H15N5/c1-9-7-11-10-6(12(7)2)4-3-5-8/h3-5,8H2,1-2H3,(H,9,11). The molecule has 5 nitrogen and oxygen atoms in total. The molecule has 0 aliphatic carbocycles. The Bertz CT molecular complexity index is 242. The molecule has 0 atom stereocenters. The lowest BCUT2D eigenvalue weighted by molar-refractivity contribution is 0.731. The first kappa shape index (κ1) is 8.99. The molecule has 0 fully saturated rings. The molecule has 0 aromatic carbocycles. The van der Waals surface area contributed by atoms with Crippen LogP contribution in [0.1, 0.15) is 12.2 Å². The van der Waals surface area contributed by atoms with Gasteiger partial charge < -0.3 is 15.6 Å². The monoisotopic (exact) mass is 169 g/mol. The Morgan fingerprint density at radius 3 is 2.75 bits per heavy atom. The molecule has 0 unspecified atom stereocenters. The third-order valence-corrected chi connectivity index (χ3v) is 1.79. The zero-order valence-electron chi connectivity index (χ0n) is 7.54. The highest BCUT2D eigenvalue weighted by atomic mass is 15.3. The SMILES string of the molecule is CNc1nnc(CCCN)n1C. The summed E-state index contributed by atoms with van der Waals surface area (Å²) in [6, 6.07) is 0. The van der Waals surface area contributed by atoms with Gasteiger partial charge in [0.05, 0.1) is 0 Å². The lowest BCUT2D eigenvalue weighted by Gasteiger charge is -2.01. The van der Waals surface area contributed by atoms with Crippen LogP contribution >= 0.6 is 0 Å². The number of anilines is 1. The van der Waals surface area contributed by atoms with E-state index in [9.17, 15) is 0 Å². The highest BCUT2D eigenvalue weighted by Gasteiger charge is 2.04. The van der Waals surface area contributed by atoms with Crippen molar-refractivity contribution in [3.8, 4) is 0 Å². The van der Waals surface area contributed by atoms with E-state index in [1.165, 1.54) is 0 Å². The Kier molecular flexibility index (Phi) is 3.04. The minimum absolute atomic E-state index is 0.696. The summed E-state index contributed by atoms with van der Waals surface area (Å²) < 4.78 is 1.94. The molecule has 0 saturated heterocycles. The summed E-state index contributed by atoms with van der Waals surface area (Å²) in [5.74, 6) is 1.77. The second kappa shape index (κ2) is 4.06. The highest BCUT2D eigenvalue weighted by molar-refractivity contribution is 5.23. The van der Waals surface area contributed by atoms with Gasteiger partial charge in [0.25, 0.3) is 0 Å². The maximum atomic E-state index is 5.39. The van der Waals surface area contributed by atoms with Crippen LogP contribution in [0.5, 0.6) is 0 Å². The average molecular weight is 169 g/mol. The molecule has 1 aromatic heterocycles. The van der Waals surface area contributed by atoms with Crippen molar-refractivity contribution in [3.05, 3.63) is 5.82 Å². The second-order valence-electron chi connectivity index (χ2n) is 2.64. The van der Waals surface area contributed by atoms with Gasteiger partial charge in [0.2, 0.25) is 5.95 Å². The molecule has 12 heavy (non-hydrogen) atoms. The molecule has 1 heterocycles.